The van der Waals surface area contributed by atoms with E-state index in [-0.39, 0.29) is 0 Å². The van der Waals surface area contributed by atoms with Gasteiger partial charge in [-0.25, -0.2) is 0 Å². The number of rotatable bonds is 3. The van der Waals surface area contributed by atoms with Crippen molar-refractivity contribution in [2.45, 2.75) is 76.8 Å². The maximum Gasteiger partial charge on any atom is 0.0333 e. The third-order valence-corrected chi connectivity index (χ3v) is 6.74. The Morgan fingerprint density at radius 1 is 0.905 bits per heavy atom. The van der Waals surface area contributed by atoms with Gasteiger partial charge in [0.15, 0.2) is 0 Å². The molecule has 3 fully saturated rings. The fourth-order valence-electron chi connectivity index (χ4n) is 4.87. The van der Waals surface area contributed by atoms with E-state index in [9.17, 15) is 0 Å². The zero-order valence-electron chi connectivity index (χ0n) is 14.2. The van der Waals surface area contributed by atoms with Crippen molar-refractivity contribution in [1.29, 1.82) is 0 Å². The van der Waals surface area contributed by atoms with Crippen molar-refractivity contribution in [3.63, 3.8) is 0 Å². The topological polar surface area (TPSA) is 32.5 Å². The Balaban J connectivity index is 1.57. The van der Waals surface area contributed by atoms with Crippen LogP contribution in [-0.4, -0.2) is 54.1 Å². The van der Waals surface area contributed by atoms with Gasteiger partial charge in [0.1, 0.15) is 0 Å². The zero-order chi connectivity index (χ0) is 14.9. The van der Waals surface area contributed by atoms with Crippen molar-refractivity contribution in [1.82, 2.24) is 9.80 Å². The van der Waals surface area contributed by atoms with E-state index in [0.29, 0.717) is 11.0 Å². The molecule has 2 aliphatic carbocycles. The molecule has 0 amide bonds. The number of hydrogen-bond acceptors (Lipinski definition) is 3. The minimum absolute atomic E-state index is 0.317. The summed E-state index contributed by atoms with van der Waals surface area (Å²) in [5.41, 5.74) is 7.11. The Morgan fingerprint density at radius 3 is 2.00 bits per heavy atom. The Morgan fingerprint density at radius 2 is 1.48 bits per heavy atom. The lowest BCUT2D eigenvalue weighted by molar-refractivity contribution is -0.0169. The van der Waals surface area contributed by atoms with E-state index >= 15 is 0 Å². The van der Waals surface area contributed by atoms with Crippen LogP contribution in [0.25, 0.3) is 0 Å². The summed E-state index contributed by atoms with van der Waals surface area (Å²) in [5.74, 6) is 0. The van der Waals surface area contributed by atoms with E-state index in [0.717, 1.165) is 12.6 Å². The summed E-state index contributed by atoms with van der Waals surface area (Å²) in [6.45, 7) is 10.7. The molecule has 0 aromatic carbocycles. The monoisotopic (exact) mass is 293 g/mol. The molecular weight excluding hydrogens is 258 g/mol. The quantitative estimate of drug-likeness (QED) is 0.868. The van der Waals surface area contributed by atoms with Crippen LogP contribution in [-0.2, 0) is 0 Å². The van der Waals surface area contributed by atoms with Crippen LogP contribution in [0.3, 0.4) is 0 Å². The van der Waals surface area contributed by atoms with Gasteiger partial charge in [-0.1, -0.05) is 26.7 Å². The summed E-state index contributed by atoms with van der Waals surface area (Å²) in [4.78, 5) is 5.52. The summed E-state index contributed by atoms with van der Waals surface area (Å²) in [6.07, 6.45) is 11.1. The van der Waals surface area contributed by atoms with Crippen LogP contribution in [0.15, 0.2) is 0 Å². The third-order valence-electron chi connectivity index (χ3n) is 6.74. The number of nitrogens with zero attached hydrogens (tertiary/aromatic N) is 2. The SMILES string of the molecule is CC1(C)CCC(CN)(N2CCN(C3CCCC3)CC2)CC1. The van der Waals surface area contributed by atoms with Crippen molar-refractivity contribution in [2.24, 2.45) is 11.1 Å². The van der Waals surface area contributed by atoms with Gasteiger partial charge >= 0.3 is 0 Å². The average molecular weight is 293 g/mol. The summed E-state index contributed by atoms with van der Waals surface area (Å²) in [7, 11) is 0. The Labute approximate surface area is 131 Å². The Bertz CT molecular complexity index is 328. The number of hydrogen-bond donors (Lipinski definition) is 1. The molecule has 0 atom stereocenters. The van der Waals surface area contributed by atoms with Crippen LogP contribution >= 0.6 is 0 Å². The average Bonchev–Trinajstić information content (AvgIpc) is 3.03. The van der Waals surface area contributed by atoms with E-state index in [2.05, 4.69) is 23.6 Å². The van der Waals surface area contributed by atoms with Gasteiger partial charge in [-0.05, 0) is 43.9 Å². The van der Waals surface area contributed by atoms with Crippen molar-refractivity contribution < 1.29 is 0 Å². The minimum Gasteiger partial charge on any atom is -0.329 e. The van der Waals surface area contributed by atoms with Gasteiger partial charge < -0.3 is 5.73 Å². The van der Waals surface area contributed by atoms with Crippen LogP contribution in [0.1, 0.15) is 65.2 Å². The van der Waals surface area contributed by atoms with Crippen molar-refractivity contribution in [3.05, 3.63) is 0 Å². The third kappa shape index (κ3) is 3.30. The predicted molar refractivity (Wildman–Crippen MR) is 89.4 cm³/mol. The first-order valence-electron chi connectivity index (χ1n) is 9.24. The molecule has 0 spiro atoms. The molecule has 21 heavy (non-hydrogen) atoms. The first-order valence-corrected chi connectivity index (χ1v) is 9.24. The van der Waals surface area contributed by atoms with Crippen LogP contribution in [0, 0.1) is 5.41 Å². The summed E-state index contributed by atoms with van der Waals surface area (Å²) in [6, 6.07) is 0.895. The highest BCUT2D eigenvalue weighted by molar-refractivity contribution is 4.99. The number of nitrogens with two attached hydrogens (primary N) is 1. The normalized spacial score (nSPS) is 31.6. The van der Waals surface area contributed by atoms with Gasteiger partial charge in [-0.15, -0.1) is 0 Å². The fourth-order valence-corrected chi connectivity index (χ4v) is 4.87. The standard InChI is InChI=1S/C18H35N3/c1-17(2)7-9-18(15-19,10-8-17)21-13-11-20(12-14-21)16-5-3-4-6-16/h16H,3-15,19H2,1-2H3. The molecule has 0 bridgehead atoms. The summed E-state index contributed by atoms with van der Waals surface area (Å²) in [5, 5.41) is 0. The van der Waals surface area contributed by atoms with Gasteiger partial charge in [0.05, 0.1) is 0 Å². The lowest BCUT2D eigenvalue weighted by atomic mass is 9.68. The van der Waals surface area contributed by atoms with Crippen LogP contribution in [0.2, 0.25) is 0 Å². The molecule has 3 heteroatoms. The first-order chi connectivity index (χ1) is 10.0. The molecule has 122 valence electrons. The second-order valence-electron chi connectivity index (χ2n) is 8.55. The Kier molecular flexibility index (Phi) is 4.63. The highest BCUT2D eigenvalue weighted by atomic mass is 15.3. The molecule has 3 rings (SSSR count). The predicted octanol–water partition coefficient (Wildman–Crippen LogP) is 2.84. The highest BCUT2D eigenvalue weighted by Gasteiger charge is 2.42. The molecule has 0 aromatic rings. The fraction of sp³-hybridized carbons (Fsp3) is 1.00. The Hall–Kier alpha value is -0.120. The van der Waals surface area contributed by atoms with E-state index in [1.54, 1.807) is 0 Å². The second kappa shape index (κ2) is 6.17. The van der Waals surface area contributed by atoms with E-state index in [4.69, 9.17) is 5.73 Å². The molecule has 2 saturated carbocycles. The molecule has 0 unspecified atom stereocenters. The van der Waals surface area contributed by atoms with Gasteiger partial charge in [-0.3, -0.25) is 9.80 Å². The number of piperazine rings is 1. The molecule has 1 saturated heterocycles. The van der Waals surface area contributed by atoms with E-state index < -0.39 is 0 Å². The first kappa shape index (κ1) is 15.8. The molecule has 1 aliphatic heterocycles. The van der Waals surface area contributed by atoms with E-state index in [1.165, 1.54) is 77.5 Å². The van der Waals surface area contributed by atoms with Crippen molar-refractivity contribution >= 4 is 0 Å². The maximum atomic E-state index is 6.26. The van der Waals surface area contributed by atoms with Gasteiger partial charge in [0.2, 0.25) is 0 Å². The zero-order valence-corrected chi connectivity index (χ0v) is 14.2. The van der Waals surface area contributed by atoms with Crippen molar-refractivity contribution in [2.75, 3.05) is 32.7 Å². The van der Waals surface area contributed by atoms with Crippen molar-refractivity contribution in [3.8, 4) is 0 Å². The maximum absolute atomic E-state index is 6.26. The molecular formula is C18H35N3. The van der Waals surface area contributed by atoms with E-state index in [1.807, 2.05) is 0 Å². The molecule has 3 aliphatic rings. The lowest BCUT2D eigenvalue weighted by Crippen LogP contribution is -2.62. The van der Waals surface area contributed by atoms with Gasteiger partial charge in [-0.2, -0.15) is 0 Å². The van der Waals surface area contributed by atoms with Gasteiger partial charge in [0.25, 0.3) is 0 Å². The van der Waals surface area contributed by atoms with Crippen LogP contribution in [0.4, 0.5) is 0 Å². The molecule has 2 N–H and O–H groups in total. The van der Waals surface area contributed by atoms with Crippen LogP contribution in [0.5, 0.6) is 0 Å². The molecule has 0 aromatic heterocycles. The summed E-state index contributed by atoms with van der Waals surface area (Å²) < 4.78 is 0. The molecule has 1 heterocycles. The van der Waals surface area contributed by atoms with Crippen LogP contribution < -0.4 is 5.73 Å². The highest BCUT2D eigenvalue weighted by Crippen LogP contribution is 2.43. The molecule has 3 nitrogen and oxygen atoms in total. The largest absolute Gasteiger partial charge is 0.329 e. The van der Waals surface area contributed by atoms with Gasteiger partial charge in [0, 0.05) is 44.3 Å². The smallest absolute Gasteiger partial charge is 0.0333 e. The summed E-state index contributed by atoms with van der Waals surface area (Å²) >= 11 is 0. The molecule has 0 radical (unpaired) electrons. The second-order valence-corrected chi connectivity index (χ2v) is 8.55. The lowest BCUT2D eigenvalue weighted by Gasteiger charge is -2.52. The minimum atomic E-state index is 0.317.